The maximum absolute atomic E-state index is 11.7. The van der Waals surface area contributed by atoms with Crippen LogP contribution < -0.4 is 10.1 Å². The Labute approximate surface area is 124 Å². The second-order valence-corrected chi connectivity index (χ2v) is 4.56. The summed E-state index contributed by atoms with van der Waals surface area (Å²) in [6.07, 6.45) is 2.30. The Balaban J connectivity index is 1.97. The Kier molecular flexibility index (Phi) is 5.51. The van der Waals surface area contributed by atoms with Gasteiger partial charge in [0.25, 0.3) is 0 Å². The van der Waals surface area contributed by atoms with Gasteiger partial charge in [0.05, 0.1) is 18.7 Å². The number of hydrogen-bond donors (Lipinski definition) is 1. The molecule has 1 unspecified atom stereocenters. The molecule has 0 aliphatic carbocycles. The van der Waals surface area contributed by atoms with Crippen molar-refractivity contribution in [3.63, 3.8) is 0 Å². The molecule has 0 saturated heterocycles. The molecule has 21 heavy (non-hydrogen) atoms. The standard InChI is InChI=1S/C16H20N2O3/c1-3-20-16(19)14(17-2)9-11-21-15-8-4-7-13-12(15)6-5-10-18-13/h4-8,10,14,17H,3,9,11H2,1-2H3. The van der Waals surface area contributed by atoms with Crippen LogP contribution in [-0.2, 0) is 9.53 Å². The summed E-state index contributed by atoms with van der Waals surface area (Å²) >= 11 is 0. The van der Waals surface area contributed by atoms with Gasteiger partial charge in [0.2, 0.25) is 0 Å². The predicted octanol–water partition coefficient (Wildman–Crippen LogP) is 2.15. The van der Waals surface area contributed by atoms with Crippen molar-refractivity contribution < 1.29 is 14.3 Å². The van der Waals surface area contributed by atoms with E-state index in [0.29, 0.717) is 19.6 Å². The van der Waals surface area contributed by atoms with E-state index < -0.39 is 0 Å². The van der Waals surface area contributed by atoms with Crippen LogP contribution in [0.25, 0.3) is 10.9 Å². The minimum absolute atomic E-state index is 0.247. The number of benzene rings is 1. The van der Waals surface area contributed by atoms with Gasteiger partial charge in [-0.2, -0.15) is 0 Å². The summed E-state index contributed by atoms with van der Waals surface area (Å²) < 4.78 is 10.8. The first kappa shape index (κ1) is 15.3. The molecule has 5 heteroatoms. The molecular formula is C16H20N2O3. The van der Waals surface area contributed by atoms with Gasteiger partial charge < -0.3 is 14.8 Å². The van der Waals surface area contributed by atoms with E-state index in [-0.39, 0.29) is 12.0 Å². The second-order valence-electron chi connectivity index (χ2n) is 4.56. The predicted molar refractivity (Wildman–Crippen MR) is 81.3 cm³/mol. The largest absolute Gasteiger partial charge is 0.493 e. The Morgan fingerprint density at radius 1 is 1.33 bits per heavy atom. The highest BCUT2D eigenvalue weighted by Gasteiger charge is 2.17. The second kappa shape index (κ2) is 7.59. The first-order valence-corrected chi connectivity index (χ1v) is 7.06. The number of ether oxygens (including phenoxy) is 2. The highest BCUT2D eigenvalue weighted by Crippen LogP contribution is 2.23. The zero-order valence-electron chi connectivity index (χ0n) is 12.3. The molecule has 5 nitrogen and oxygen atoms in total. The smallest absolute Gasteiger partial charge is 0.323 e. The van der Waals surface area contributed by atoms with Crippen molar-refractivity contribution in [3.8, 4) is 5.75 Å². The number of pyridine rings is 1. The van der Waals surface area contributed by atoms with Gasteiger partial charge in [-0.15, -0.1) is 0 Å². The summed E-state index contributed by atoms with van der Waals surface area (Å²) in [6, 6.07) is 9.26. The van der Waals surface area contributed by atoms with Crippen molar-refractivity contribution in [2.45, 2.75) is 19.4 Å². The molecule has 1 heterocycles. The number of hydrogen-bond acceptors (Lipinski definition) is 5. The first-order valence-electron chi connectivity index (χ1n) is 7.06. The van der Waals surface area contributed by atoms with Crippen LogP contribution in [0.3, 0.4) is 0 Å². The highest BCUT2D eigenvalue weighted by atomic mass is 16.5. The molecular weight excluding hydrogens is 268 g/mol. The average molecular weight is 288 g/mol. The van der Waals surface area contributed by atoms with Gasteiger partial charge in [0.15, 0.2) is 0 Å². The summed E-state index contributed by atoms with van der Waals surface area (Å²) in [5.74, 6) is 0.530. The summed E-state index contributed by atoms with van der Waals surface area (Å²) in [6.45, 7) is 2.61. The van der Waals surface area contributed by atoms with Crippen molar-refractivity contribution in [2.24, 2.45) is 0 Å². The summed E-state index contributed by atoms with van der Waals surface area (Å²) in [5, 5.41) is 3.91. The van der Waals surface area contributed by atoms with Crippen LogP contribution in [0.2, 0.25) is 0 Å². The number of likely N-dealkylation sites (N-methyl/N-ethyl adjacent to an activating group) is 1. The van der Waals surface area contributed by atoms with E-state index in [1.54, 1.807) is 20.2 Å². The monoisotopic (exact) mass is 288 g/mol. The first-order chi connectivity index (χ1) is 10.3. The van der Waals surface area contributed by atoms with E-state index in [1.165, 1.54) is 0 Å². The number of aromatic nitrogens is 1. The van der Waals surface area contributed by atoms with Crippen LogP contribution in [-0.4, -0.2) is 37.3 Å². The van der Waals surface area contributed by atoms with Gasteiger partial charge in [0.1, 0.15) is 11.8 Å². The summed E-state index contributed by atoms with van der Waals surface area (Å²) in [4.78, 5) is 16.0. The maximum Gasteiger partial charge on any atom is 0.323 e. The van der Waals surface area contributed by atoms with Crippen LogP contribution in [0.4, 0.5) is 0 Å². The lowest BCUT2D eigenvalue weighted by Gasteiger charge is -2.15. The van der Waals surface area contributed by atoms with Crippen LogP contribution in [0.15, 0.2) is 36.5 Å². The number of fused-ring (bicyclic) bond motifs is 1. The molecule has 1 aromatic carbocycles. The van der Waals surface area contributed by atoms with Crippen molar-refractivity contribution in [1.82, 2.24) is 10.3 Å². The molecule has 0 spiro atoms. The lowest BCUT2D eigenvalue weighted by atomic mass is 10.2. The molecule has 0 aliphatic rings. The molecule has 0 aliphatic heterocycles. The summed E-state index contributed by atoms with van der Waals surface area (Å²) in [5.41, 5.74) is 0.894. The zero-order valence-corrected chi connectivity index (χ0v) is 12.3. The van der Waals surface area contributed by atoms with Gasteiger partial charge in [-0.25, -0.2) is 0 Å². The third-order valence-electron chi connectivity index (χ3n) is 3.19. The van der Waals surface area contributed by atoms with Crippen LogP contribution in [0, 0.1) is 0 Å². The quantitative estimate of drug-likeness (QED) is 0.791. The Bertz CT molecular complexity index is 596. The van der Waals surface area contributed by atoms with Gasteiger partial charge in [-0.05, 0) is 38.2 Å². The molecule has 0 bridgehead atoms. The average Bonchev–Trinajstić information content (AvgIpc) is 2.52. The number of rotatable bonds is 7. The number of esters is 1. The lowest BCUT2D eigenvalue weighted by molar-refractivity contribution is -0.145. The maximum atomic E-state index is 11.7. The number of carbonyl (C=O) groups excluding carboxylic acids is 1. The van der Waals surface area contributed by atoms with E-state index in [0.717, 1.165) is 16.7 Å². The van der Waals surface area contributed by atoms with Gasteiger partial charge in [-0.1, -0.05) is 6.07 Å². The topological polar surface area (TPSA) is 60.5 Å². The van der Waals surface area contributed by atoms with E-state index in [9.17, 15) is 4.79 Å². The fraction of sp³-hybridized carbons (Fsp3) is 0.375. The lowest BCUT2D eigenvalue weighted by Crippen LogP contribution is -2.36. The Morgan fingerprint density at radius 2 is 2.19 bits per heavy atom. The molecule has 1 atom stereocenters. The van der Waals surface area contributed by atoms with Crippen molar-refractivity contribution in [1.29, 1.82) is 0 Å². The van der Waals surface area contributed by atoms with Crippen LogP contribution in [0.1, 0.15) is 13.3 Å². The molecule has 2 aromatic rings. The van der Waals surface area contributed by atoms with E-state index in [4.69, 9.17) is 9.47 Å². The molecule has 0 saturated carbocycles. The molecule has 1 aromatic heterocycles. The zero-order chi connectivity index (χ0) is 15.1. The fourth-order valence-electron chi connectivity index (χ4n) is 2.11. The molecule has 1 N–H and O–H groups in total. The van der Waals surface area contributed by atoms with Crippen molar-refractivity contribution in [2.75, 3.05) is 20.3 Å². The molecule has 112 valence electrons. The van der Waals surface area contributed by atoms with Gasteiger partial charge >= 0.3 is 5.97 Å². The third kappa shape index (κ3) is 3.92. The third-order valence-corrected chi connectivity index (χ3v) is 3.19. The van der Waals surface area contributed by atoms with Gasteiger partial charge in [-0.3, -0.25) is 9.78 Å². The molecule has 0 fully saturated rings. The number of nitrogens with one attached hydrogen (secondary N) is 1. The van der Waals surface area contributed by atoms with E-state index in [2.05, 4.69) is 10.3 Å². The minimum Gasteiger partial charge on any atom is -0.493 e. The van der Waals surface area contributed by atoms with Gasteiger partial charge in [0, 0.05) is 18.0 Å². The van der Waals surface area contributed by atoms with Crippen LogP contribution >= 0.6 is 0 Å². The molecule has 2 rings (SSSR count). The highest BCUT2D eigenvalue weighted by molar-refractivity contribution is 5.84. The molecule has 0 radical (unpaired) electrons. The summed E-state index contributed by atoms with van der Waals surface area (Å²) in [7, 11) is 1.74. The SMILES string of the molecule is CCOC(=O)C(CCOc1cccc2ncccc12)NC. The van der Waals surface area contributed by atoms with Crippen LogP contribution in [0.5, 0.6) is 5.75 Å². The van der Waals surface area contributed by atoms with Crippen molar-refractivity contribution >= 4 is 16.9 Å². The number of nitrogens with zero attached hydrogens (tertiary/aromatic N) is 1. The van der Waals surface area contributed by atoms with E-state index in [1.807, 2.05) is 30.3 Å². The number of carbonyl (C=O) groups is 1. The molecule has 0 amide bonds. The Hall–Kier alpha value is -2.14. The normalized spacial score (nSPS) is 12.1. The van der Waals surface area contributed by atoms with E-state index >= 15 is 0 Å². The minimum atomic E-state index is -0.349. The van der Waals surface area contributed by atoms with Crippen molar-refractivity contribution in [3.05, 3.63) is 36.5 Å². The Morgan fingerprint density at radius 3 is 2.95 bits per heavy atom. The fourth-order valence-corrected chi connectivity index (χ4v) is 2.11.